The van der Waals surface area contributed by atoms with E-state index in [0.717, 1.165) is 40.6 Å². The molecule has 150 valence electrons. The molecule has 1 aromatic heterocycles. The van der Waals surface area contributed by atoms with Crippen LogP contribution in [0.5, 0.6) is 0 Å². The predicted molar refractivity (Wildman–Crippen MR) is 113 cm³/mol. The maximum absolute atomic E-state index is 15.5. The smallest absolute Gasteiger partial charge is 0.409 e. The molecule has 0 saturated carbocycles. The van der Waals surface area contributed by atoms with Crippen LogP contribution < -0.4 is 5.32 Å². The quantitative estimate of drug-likeness (QED) is 0.368. The number of aromatic amines is 1. The Morgan fingerprint density at radius 1 is 1.03 bits per heavy atom. The lowest BCUT2D eigenvalue weighted by Crippen LogP contribution is -2.09. The van der Waals surface area contributed by atoms with Crippen LogP contribution in [0.25, 0.3) is 33.3 Å². The Hall–Kier alpha value is -3.67. The monoisotopic (exact) mass is 404 g/mol. The summed E-state index contributed by atoms with van der Waals surface area (Å²) in [5, 5.41) is 12.1. The van der Waals surface area contributed by atoms with E-state index in [2.05, 4.69) is 10.3 Å². The van der Waals surface area contributed by atoms with Crippen molar-refractivity contribution in [1.82, 2.24) is 4.98 Å². The van der Waals surface area contributed by atoms with E-state index in [1.807, 2.05) is 18.2 Å². The first-order valence-corrected chi connectivity index (χ1v) is 9.65. The highest BCUT2D eigenvalue weighted by molar-refractivity contribution is 5.95. The van der Waals surface area contributed by atoms with Gasteiger partial charge in [0.15, 0.2) is 5.82 Å². The first kappa shape index (κ1) is 18.4. The number of fused-ring (bicyclic) bond motifs is 5. The normalized spacial score (nSPS) is 12.5. The number of aryl methyl sites for hydroxylation is 3. The number of rotatable bonds is 2. The number of aromatic nitrogens is 1. The number of hydrogen-bond donors (Lipinski definition) is 3. The van der Waals surface area contributed by atoms with E-state index in [-0.39, 0.29) is 11.6 Å². The SMILES string of the molecule is Cc1cc(-c2ccc3c4c([nH]c3c2F)-c2ccc(NC(=O)O)cc2CC4)ccc1F. The van der Waals surface area contributed by atoms with Crippen LogP contribution in [0.2, 0.25) is 0 Å². The Morgan fingerprint density at radius 2 is 1.83 bits per heavy atom. The second-order valence-electron chi connectivity index (χ2n) is 7.59. The van der Waals surface area contributed by atoms with Gasteiger partial charge in [-0.15, -0.1) is 0 Å². The molecule has 0 bridgehead atoms. The molecule has 0 fully saturated rings. The summed E-state index contributed by atoms with van der Waals surface area (Å²) in [6.07, 6.45) is 0.362. The number of carboxylic acid groups (broad SMARTS) is 1. The fourth-order valence-electron chi connectivity index (χ4n) is 4.31. The largest absolute Gasteiger partial charge is 0.465 e. The summed E-state index contributed by atoms with van der Waals surface area (Å²) in [6, 6.07) is 13.6. The van der Waals surface area contributed by atoms with Gasteiger partial charge in [0, 0.05) is 22.2 Å². The van der Waals surface area contributed by atoms with E-state index in [1.54, 1.807) is 31.2 Å². The molecule has 5 rings (SSSR count). The number of H-pyrrole nitrogens is 1. The van der Waals surface area contributed by atoms with Gasteiger partial charge in [0.25, 0.3) is 0 Å². The minimum atomic E-state index is -1.11. The molecule has 0 aliphatic heterocycles. The number of benzene rings is 3. The van der Waals surface area contributed by atoms with Crippen LogP contribution in [0.4, 0.5) is 19.3 Å². The molecule has 1 aliphatic carbocycles. The van der Waals surface area contributed by atoms with Gasteiger partial charge in [0.2, 0.25) is 0 Å². The lowest BCUT2D eigenvalue weighted by atomic mass is 9.88. The number of hydrogen-bond acceptors (Lipinski definition) is 1. The van der Waals surface area contributed by atoms with Gasteiger partial charge in [-0.1, -0.05) is 24.3 Å². The van der Waals surface area contributed by atoms with Crippen molar-refractivity contribution in [3.05, 3.63) is 76.9 Å². The molecule has 3 aromatic carbocycles. The minimum Gasteiger partial charge on any atom is -0.465 e. The summed E-state index contributed by atoms with van der Waals surface area (Å²) >= 11 is 0. The molecule has 0 saturated heterocycles. The zero-order valence-corrected chi connectivity index (χ0v) is 16.1. The molecule has 4 aromatic rings. The lowest BCUT2D eigenvalue weighted by Gasteiger charge is -2.17. The van der Waals surface area contributed by atoms with E-state index in [9.17, 15) is 9.18 Å². The van der Waals surface area contributed by atoms with Crippen molar-refractivity contribution in [2.75, 3.05) is 5.32 Å². The van der Waals surface area contributed by atoms with Gasteiger partial charge in [-0.2, -0.15) is 0 Å². The molecular formula is C24H18F2N2O2. The second-order valence-corrected chi connectivity index (χ2v) is 7.59. The van der Waals surface area contributed by atoms with Crippen LogP contribution in [0.3, 0.4) is 0 Å². The first-order valence-electron chi connectivity index (χ1n) is 9.65. The number of halogens is 2. The van der Waals surface area contributed by atoms with Crippen molar-refractivity contribution in [3.8, 4) is 22.4 Å². The van der Waals surface area contributed by atoms with Crippen molar-refractivity contribution in [2.24, 2.45) is 0 Å². The highest BCUT2D eigenvalue weighted by Crippen LogP contribution is 2.40. The molecule has 1 aliphatic rings. The maximum Gasteiger partial charge on any atom is 0.409 e. The van der Waals surface area contributed by atoms with Crippen molar-refractivity contribution in [1.29, 1.82) is 0 Å². The first-order chi connectivity index (χ1) is 14.4. The Morgan fingerprint density at radius 3 is 2.60 bits per heavy atom. The zero-order chi connectivity index (χ0) is 21.0. The molecule has 0 atom stereocenters. The van der Waals surface area contributed by atoms with E-state index < -0.39 is 6.09 Å². The van der Waals surface area contributed by atoms with Crippen LogP contribution in [-0.4, -0.2) is 16.2 Å². The predicted octanol–water partition coefficient (Wildman–Crippen LogP) is 6.28. The molecule has 3 N–H and O–H groups in total. The van der Waals surface area contributed by atoms with Gasteiger partial charge in [-0.3, -0.25) is 5.32 Å². The van der Waals surface area contributed by atoms with Crippen LogP contribution >= 0.6 is 0 Å². The Bertz CT molecular complexity index is 1340. The van der Waals surface area contributed by atoms with Crippen LogP contribution in [0, 0.1) is 18.6 Å². The summed E-state index contributed by atoms with van der Waals surface area (Å²) in [6.45, 7) is 1.66. The van der Waals surface area contributed by atoms with Crippen LogP contribution in [0.15, 0.2) is 48.5 Å². The van der Waals surface area contributed by atoms with Gasteiger partial charge in [0.05, 0.1) is 11.2 Å². The van der Waals surface area contributed by atoms with Crippen LogP contribution in [-0.2, 0) is 12.8 Å². The van der Waals surface area contributed by atoms with Gasteiger partial charge in [-0.05, 0) is 66.3 Å². The Labute approximate surface area is 171 Å². The number of carbonyl (C=O) groups is 1. The average Bonchev–Trinajstić information content (AvgIpc) is 3.10. The highest BCUT2D eigenvalue weighted by atomic mass is 19.1. The third-order valence-electron chi connectivity index (χ3n) is 5.76. The molecule has 1 amide bonds. The van der Waals surface area contributed by atoms with Gasteiger partial charge >= 0.3 is 6.09 Å². The molecule has 4 nitrogen and oxygen atoms in total. The fourth-order valence-corrected chi connectivity index (χ4v) is 4.31. The maximum atomic E-state index is 15.5. The lowest BCUT2D eigenvalue weighted by molar-refractivity contribution is 0.209. The van der Waals surface area contributed by atoms with Gasteiger partial charge < -0.3 is 10.1 Å². The topological polar surface area (TPSA) is 65.1 Å². The third kappa shape index (κ3) is 2.84. The summed E-state index contributed by atoms with van der Waals surface area (Å²) < 4.78 is 29.1. The fraction of sp³-hybridized carbons (Fsp3) is 0.125. The van der Waals surface area contributed by atoms with Crippen molar-refractivity contribution in [3.63, 3.8) is 0 Å². The second kappa shape index (κ2) is 6.69. The van der Waals surface area contributed by atoms with E-state index in [4.69, 9.17) is 5.11 Å². The number of amides is 1. The molecule has 30 heavy (non-hydrogen) atoms. The van der Waals surface area contributed by atoms with E-state index in [1.165, 1.54) is 6.07 Å². The standard InChI is InChI=1S/C24H18F2N2O2/c1-12-10-13(3-9-20(12)25)16-7-8-19-18-5-2-14-11-15(27-24(29)30)4-6-17(14)22(18)28-23(19)21(16)26/h3-4,6-11,27-28H,2,5H2,1H3,(H,29,30). The average molecular weight is 404 g/mol. The Kier molecular flexibility index (Phi) is 4.10. The summed E-state index contributed by atoms with van der Waals surface area (Å²) in [4.78, 5) is 14.1. The van der Waals surface area contributed by atoms with E-state index in [0.29, 0.717) is 27.9 Å². The molecule has 0 radical (unpaired) electrons. The number of anilines is 1. The third-order valence-corrected chi connectivity index (χ3v) is 5.76. The molecule has 6 heteroatoms. The Balaban J connectivity index is 1.64. The zero-order valence-electron chi connectivity index (χ0n) is 16.1. The minimum absolute atomic E-state index is 0.316. The molecule has 1 heterocycles. The molecule has 0 unspecified atom stereocenters. The van der Waals surface area contributed by atoms with Crippen molar-refractivity contribution >= 4 is 22.7 Å². The summed E-state index contributed by atoms with van der Waals surface area (Å²) in [7, 11) is 0. The van der Waals surface area contributed by atoms with Crippen molar-refractivity contribution in [2.45, 2.75) is 19.8 Å². The van der Waals surface area contributed by atoms with Crippen LogP contribution in [0.1, 0.15) is 16.7 Å². The van der Waals surface area contributed by atoms with E-state index >= 15 is 4.39 Å². The van der Waals surface area contributed by atoms with Gasteiger partial charge in [0.1, 0.15) is 5.82 Å². The summed E-state index contributed by atoms with van der Waals surface area (Å²) in [5.41, 5.74) is 6.34. The highest BCUT2D eigenvalue weighted by Gasteiger charge is 2.23. The summed E-state index contributed by atoms with van der Waals surface area (Å²) in [5.74, 6) is -0.678. The van der Waals surface area contributed by atoms with Gasteiger partial charge in [-0.25, -0.2) is 13.6 Å². The number of nitrogens with one attached hydrogen (secondary N) is 2. The van der Waals surface area contributed by atoms with Crippen molar-refractivity contribution < 1.29 is 18.7 Å². The molecular weight excluding hydrogens is 386 g/mol. The molecule has 0 spiro atoms.